The third-order valence-electron chi connectivity index (χ3n) is 3.50. The third-order valence-corrected chi connectivity index (χ3v) is 3.50. The number of imidazole rings is 1. The lowest BCUT2D eigenvalue weighted by Crippen LogP contribution is -2.35. The number of nitrogens with one attached hydrogen (secondary N) is 2. The normalized spacial score (nSPS) is 12.5. The minimum Gasteiger partial charge on any atom is -0.342 e. The number of carbonyl (C=O) groups is 1. The molecule has 0 aliphatic heterocycles. The maximum Gasteiger partial charge on any atom is 0.241 e. The summed E-state index contributed by atoms with van der Waals surface area (Å²) in [5.74, 6) is 0.861. The molecule has 2 aromatic rings. The molecular formula is C16H24N4O. The van der Waals surface area contributed by atoms with Gasteiger partial charge >= 0.3 is 0 Å². The van der Waals surface area contributed by atoms with E-state index in [9.17, 15) is 4.79 Å². The van der Waals surface area contributed by atoms with Gasteiger partial charge in [0.25, 0.3) is 0 Å². The summed E-state index contributed by atoms with van der Waals surface area (Å²) in [4.78, 5) is 19.8. The van der Waals surface area contributed by atoms with Gasteiger partial charge in [-0.15, -0.1) is 0 Å². The highest BCUT2D eigenvalue weighted by atomic mass is 16.2. The number of aryl methyl sites for hydroxylation is 1. The van der Waals surface area contributed by atoms with E-state index >= 15 is 0 Å². The van der Waals surface area contributed by atoms with E-state index in [1.165, 1.54) is 0 Å². The Labute approximate surface area is 125 Å². The number of anilines is 1. The summed E-state index contributed by atoms with van der Waals surface area (Å²) < 4.78 is 0. The zero-order valence-corrected chi connectivity index (χ0v) is 12.8. The van der Waals surface area contributed by atoms with Crippen molar-refractivity contribution >= 4 is 22.6 Å². The van der Waals surface area contributed by atoms with Gasteiger partial charge in [-0.3, -0.25) is 4.79 Å². The van der Waals surface area contributed by atoms with Gasteiger partial charge in [-0.05, 0) is 31.0 Å². The van der Waals surface area contributed by atoms with Gasteiger partial charge in [0.05, 0.1) is 17.1 Å². The van der Waals surface area contributed by atoms with E-state index in [2.05, 4.69) is 22.2 Å². The smallest absolute Gasteiger partial charge is 0.241 e. The molecule has 21 heavy (non-hydrogen) atoms. The van der Waals surface area contributed by atoms with Crippen LogP contribution < -0.4 is 11.1 Å². The number of hydrogen-bond donors (Lipinski definition) is 3. The molecular weight excluding hydrogens is 264 g/mol. The van der Waals surface area contributed by atoms with Crippen molar-refractivity contribution in [2.45, 2.75) is 52.0 Å². The van der Waals surface area contributed by atoms with Crippen LogP contribution >= 0.6 is 0 Å². The van der Waals surface area contributed by atoms with Crippen molar-refractivity contribution < 1.29 is 4.79 Å². The van der Waals surface area contributed by atoms with Gasteiger partial charge in [-0.2, -0.15) is 0 Å². The van der Waals surface area contributed by atoms with Gasteiger partial charge in [-0.1, -0.05) is 26.7 Å². The molecule has 0 saturated carbocycles. The monoisotopic (exact) mass is 288 g/mol. The second kappa shape index (κ2) is 7.22. The molecule has 5 heteroatoms. The number of fused-ring (bicyclic) bond motifs is 1. The number of hydrogen-bond acceptors (Lipinski definition) is 3. The number of H-pyrrole nitrogens is 1. The van der Waals surface area contributed by atoms with Crippen molar-refractivity contribution in [3.63, 3.8) is 0 Å². The van der Waals surface area contributed by atoms with Crippen molar-refractivity contribution in [1.29, 1.82) is 0 Å². The zero-order valence-electron chi connectivity index (χ0n) is 12.8. The number of nitrogens with zero attached hydrogens (tertiary/aromatic N) is 1. The van der Waals surface area contributed by atoms with E-state index in [1.807, 2.05) is 25.1 Å². The first-order valence-corrected chi connectivity index (χ1v) is 7.69. The summed E-state index contributed by atoms with van der Waals surface area (Å²) in [5.41, 5.74) is 8.44. The van der Waals surface area contributed by atoms with E-state index in [4.69, 9.17) is 5.73 Å². The number of rotatable bonds is 7. The minimum atomic E-state index is -0.451. The molecule has 1 unspecified atom stereocenters. The molecule has 1 aromatic heterocycles. The fourth-order valence-electron chi connectivity index (χ4n) is 2.28. The average Bonchev–Trinajstić information content (AvgIpc) is 2.87. The number of unbranched alkanes of at least 4 members (excludes halogenated alkanes) is 1. The quantitative estimate of drug-likeness (QED) is 0.732. The standard InChI is InChI=1S/C16H24N4O/c1-3-5-7-15-19-13-9-8-11(10-14(13)20-15)18-16(21)12(17)6-4-2/h8-10,12H,3-7,17H2,1-2H3,(H,18,21)(H,19,20). The fraction of sp³-hybridized carbons (Fsp3) is 0.500. The van der Waals surface area contributed by atoms with Crippen molar-refractivity contribution in [1.82, 2.24) is 9.97 Å². The molecule has 0 saturated heterocycles. The van der Waals surface area contributed by atoms with Crippen molar-refractivity contribution in [2.24, 2.45) is 5.73 Å². The molecule has 0 aliphatic rings. The van der Waals surface area contributed by atoms with E-state index in [-0.39, 0.29) is 5.91 Å². The largest absolute Gasteiger partial charge is 0.342 e. The topological polar surface area (TPSA) is 83.8 Å². The summed E-state index contributed by atoms with van der Waals surface area (Å²) in [5, 5.41) is 2.86. The lowest BCUT2D eigenvalue weighted by atomic mass is 10.1. The second-order valence-corrected chi connectivity index (χ2v) is 5.40. The van der Waals surface area contributed by atoms with Crippen LogP contribution in [0.25, 0.3) is 11.0 Å². The Balaban J connectivity index is 2.09. The maximum atomic E-state index is 11.9. The Kier molecular flexibility index (Phi) is 5.33. The van der Waals surface area contributed by atoms with Gasteiger partial charge in [0.2, 0.25) is 5.91 Å². The SMILES string of the molecule is CCCCc1nc2ccc(NC(=O)C(N)CCC)cc2[nH]1. The lowest BCUT2D eigenvalue weighted by molar-refractivity contribution is -0.117. The van der Waals surface area contributed by atoms with E-state index in [1.54, 1.807) is 0 Å². The van der Waals surface area contributed by atoms with E-state index in [0.29, 0.717) is 6.42 Å². The predicted molar refractivity (Wildman–Crippen MR) is 86.2 cm³/mol. The average molecular weight is 288 g/mol. The van der Waals surface area contributed by atoms with E-state index in [0.717, 1.165) is 48.2 Å². The van der Waals surface area contributed by atoms with Gasteiger partial charge in [0.1, 0.15) is 5.82 Å². The molecule has 114 valence electrons. The van der Waals surface area contributed by atoms with Crippen LogP contribution in [0, 0.1) is 0 Å². The molecule has 0 bridgehead atoms. The molecule has 0 spiro atoms. The number of aromatic nitrogens is 2. The van der Waals surface area contributed by atoms with Crippen LogP contribution in [0.3, 0.4) is 0 Å². The fourth-order valence-corrected chi connectivity index (χ4v) is 2.28. The first-order chi connectivity index (χ1) is 10.1. The van der Waals surface area contributed by atoms with Crippen molar-refractivity contribution in [3.8, 4) is 0 Å². The Bertz CT molecular complexity index is 605. The molecule has 1 atom stereocenters. The van der Waals surface area contributed by atoms with Crippen LogP contribution in [0.15, 0.2) is 18.2 Å². The van der Waals surface area contributed by atoms with Crippen molar-refractivity contribution in [2.75, 3.05) is 5.32 Å². The summed E-state index contributed by atoms with van der Waals surface area (Å²) in [6.45, 7) is 4.18. The van der Waals surface area contributed by atoms with Crippen molar-refractivity contribution in [3.05, 3.63) is 24.0 Å². The van der Waals surface area contributed by atoms with Gasteiger partial charge in [0, 0.05) is 12.1 Å². The first-order valence-electron chi connectivity index (χ1n) is 7.69. The summed E-state index contributed by atoms with van der Waals surface area (Å²) in [7, 11) is 0. The molecule has 0 radical (unpaired) electrons. The molecule has 0 aliphatic carbocycles. The molecule has 1 amide bonds. The van der Waals surface area contributed by atoms with Crippen LogP contribution in [0.4, 0.5) is 5.69 Å². The Morgan fingerprint density at radius 2 is 2.19 bits per heavy atom. The van der Waals surface area contributed by atoms with Gasteiger partial charge in [-0.25, -0.2) is 4.98 Å². The maximum absolute atomic E-state index is 11.9. The zero-order chi connectivity index (χ0) is 15.2. The predicted octanol–water partition coefficient (Wildman–Crippen LogP) is 2.97. The molecule has 1 heterocycles. The molecule has 5 nitrogen and oxygen atoms in total. The Hall–Kier alpha value is -1.88. The highest BCUT2D eigenvalue weighted by Crippen LogP contribution is 2.18. The molecule has 0 fully saturated rings. The number of benzene rings is 1. The Morgan fingerprint density at radius 3 is 2.90 bits per heavy atom. The molecule has 2 rings (SSSR count). The molecule has 4 N–H and O–H groups in total. The Morgan fingerprint density at radius 1 is 1.38 bits per heavy atom. The summed E-state index contributed by atoms with van der Waals surface area (Å²) >= 11 is 0. The highest BCUT2D eigenvalue weighted by molar-refractivity contribution is 5.96. The second-order valence-electron chi connectivity index (χ2n) is 5.40. The van der Waals surface area contributed by atoms with Crippen LogP contribution in [-0.2, 0) is 11.2 Å². The lowest BCUT2D eigenvalue weighted by Gasteiger charge is -2.10. The number of nitrogens with two attached hydrogens (primary N) is 1. The van der Waals surface area contributed by atoms with Gasteiger partial charge in [0.15, 0.2) is 0 Å². The highest BCUT2D eigenvalue weighted by Gasteiger charge is 2.12. The summed E-state index contributed by atoms with van der Waals surface area (Å²) in [6, 6.07) is 5.24. The third kappa shape index (κ3) is 4.04. The van der Waals surface area contributed by atoms with Crippen LogP contribution in [0.1, 0.15) is 45.4 Å². The molecule has 1 aromatic carbocycles. The summed E-state index contributed by atoms with van der Waals surface area (Å²) in [6.07, 6.45) is 4.81. The number of amides is 1. The van der Waals surface area contributed by atoms with E-state index < -0.39 is 6.04 Å². The first kappa shape index (κ1) is 15.5. The van der Waals surface area contributed by atoms with Gasteiger partial charge < -0.3 is 16.0 Å². The van der Waals surface area contributed by atoms with Crippen LogP contribution in [0.5, 0.6) is 0 Å². The van der Waals surface area contributed by atoms with Crippen LogP contribution in [-0.4, -0.2) is 21.9 Å². The number of carbonyl (C=O) groups excluding carboxylic acids is 1. The number of aromatic amines is 1. The minimum absolute atomic E-state index is 0.137. The van der Waals surface area contributed by atoms with Crippen LogP contribution in [0.2, 0.25) is 0 Å².